The highest BCUT2D eigenvalue weighted by Crippen LogP contribution is 2.22. The van der Waals surface area contributed by atoms with Crippen molar-refractivity contribution in [2.75, 3.05) is 6.54 Å². The highest BCUT2D eigenvalue weighted by Gasteiger charge is 2.36. The third-order valence-corrected chi connectivity index (χ3v) is 4.16. The van der Waals surface area contributed by atoms with E-state index in [-0.39, 0.29) is 24.4 Å². The van der Waals surface area contributed by atoms with E-state index in [2.05, 4.69) is 15.5 Å². The summed E-state index contributed by atoms with van der Waals surface area (Å²) in [7, 11) is 0. The molecule has 0 saturated carbocycles. The number of fused-ring (bicyclic) bond motifs is 1. The van der Waals surface area contributed by atoms with Gasteiger partial charge in [0.25, 0.3) is 11.8 Å². The normalized spacial score (nSPS) is 14.8. The Morgan fingerprint density at radius 1 is 1.08 bits per heavy atom. The second kappa shape index (κ2) is 6.84. The van der Waals surface area contributed by atoms with Gasteiger partial charge in [-0.25, -0.2) is 0 Å². The summed E-state index contributed by atoms with van der Waals surface area (Å²) in [6, 6.07) is 6.36. The molecule has 0 saturated heterocycles. The van der Waals surface area contributed by atoms with E-state index in [4.69, 9.17) is 0 Å². The van der Waals surface area contributed by atoms with Gasteiger partial charge in [-0.2, -0.15) is 15.0 Å². The summed E-state index contributed by atoms with van der Waals surface area (Å²) in [5.41, 5.74) is 0.669. The van der Waals surface area contributed by atoms with Gasteiger partial charge in [0.1, 0.15) is 6.54 Å². The average Bonchev–Trinajstić information content (AvgIpc) is 3.18. The van der Waals surface area contributed by atoms with Crippen molar-refractivity contribution >= 4 is 17.7 Å². The summed E-state index contributed by atoms with van der Waals surface area (Å²) in [4.78, 5) is 39.5. The first kappa shape index (κ1) is 16.8. The number of nitrogens with one attached hydrogen (secondary N) is 1. The van der Waals surface area contributed by atoms with E-state index in [1.807, 2.05) is 13.8 Å². The van der Waals surface area contributed by atoms with Gasteiger partial charge < -0.3 is 5.32 Å². The standard InChI is InChI=1S/C17H19N5O3/c1-11(2)14(9-22-18-7-8-19-22)20-15(23)10-21-16(24)12-5-3-4-6-13(12)17(21)25/h3-8,11,14H,9-10H2,1-2H3,(H,20,23). The lowest BCUT2D eigenvalue weighted by atomic mass is 10.0. The van der Waals surface area contributed by atoms with Crippen LogP contribution in [0.1, 0.15) is 34.6 Å². The van der Waals surface area contributed by atoms with E-state index in [0.29, 0.717) is 17.7 Å². The quantitative estimate of drug-likeness (QED) is 0.781. The molecule has 25 heavy (non-hydrogen) atoms. The van der Waals surface area contributed by atoms with Crippen LogP contribution >= 0.6 is 0 Å². The molecule has 0 spiro atoms. The molecule has 1 aliphatic heterocycles. The number of imide groups is 1. The predicted octanol–water partition coefficient (Wildman–Crippen LogP) is 0.715. The average molecular weight is 341 g/mol. The fourth-order valence-electron chi connectivity index (χ4n) is 2.72. The van der Waals surface area contributed by atoms with Gasteiger partial charge in [0.15, 0.2) is 0 Å². The van der Waals surface area contributed by atoms with Gasteiger partial charge in [0.05, 0.1) is 36.1 Å². The lowest BCUT2D eigenvalue weighted by molar-refractivity contribution is -0.122. The van der Waals surface area contributed by atoms with Gasteiger partial charge in [-0.15, -0.1) is 0 Å². The number of amides is 3. The molecule has 1 atom stereocenters. The monoisotopic (exact) mass is 341 g/mol. The largest absolute Gasteiger partial charge is 0.350 e. The summed E-state index contributed by atoms with van der Waals surface area (Å²) >= 11 is 0. The number of rotatable bonds is 6. The molecule has 3 rings (SSSR count). The molecule has 3 amide bonds. The molecule has 1 N–H and O–H groups in total. The Balaban J connectivity index is 1.66. The van der Waals surface area contributed by atoms with Gasteiger partial charge in [-0.1, -0.05) is 26.0 Å². The maximum absolute atomic E-state index is 12.4. The zero-order valence-electron chi connectivity index (χ0n) is 14.0. The molecule has 0 bridgehead atoms. The second-order valence-electron chi connectivity index (χ2n) is 6.24. The third-order valence-electron chi connectivity index (χ3n) is 4.16. The van der Waals surface area contributed by atoms with Gasteiger partial charge in [0, 0.05) is 0 Å². The van der Waals surface area contributed by atoms with E-state index in [1.54, 1.807) is 36.7 Å². The zero-order chi connectivity index (χ0) is 18.0. The first-order valence-corrected chi connectivity index (χ1v) is 8.06. The van der Waals surface area contributed by atoms with Crippen LogP contribution in [0.3, 0.4) is 0 Å². The first-order chi connectivity index (χ1) is 12.0. The van der Waals surface area contributed by atoms with Gasteiger partial charge in [-0.3, -0.25) is 19.3 Å². The van der Waals surface area contributed by atoms with Gasteiger partial charge in [-0.05, 0) is 18.1 Å². The zero-order valence-corrected chi connectivity index (χ0v) is 14.0. The topological polar surface area (TPSA) is 97.2 Å². The van der Waals surface area contributed by atoms with Gasteiger partial charge in [0.2, 0.25) is 5.91 Å². The van der Waals surface area contributed by atoms with Crippen LogP contribution in [0.4, 0.5) is 0 Å². The molecule has 8 nitrogen and oxygen atoms in total. The van der Waals surface area contributed by atoms with E-state index in [0.717, 1.165) is 4.90 Å². The number of hydrogen-bond acceptors (Lipinski definition) is 5. The number of carbonyl (C=O) groups is 3. The molecule has 2 aromatic rings. The molecule has 2 heterocycles. The van der Waals surface area contributed by atoms with E-state index >= 15 is 0 Å². The summed E-state index contributed by atoms with van der Waals surface area (Å²) in [6.07, 6.45) is 3.13. The Labute approximate surface area is 144 Å². The molecule has 1 aromatic heterocycles. The minimum atomic E-state index is -0.439. The van der Waals surface area contributed by atoms with Crippen LogP contribution in [-0.2, 0) is 11.3 Å². The Morgan fingerprint density at radius 2 is 1.64 bits per heavy atom. The summed E-state index contributed by atoms with van der Waals surface area (Å²) in [5, 5.41) is 10.9. The molecule has 130 valence electrons. The molecule has 1 aromatic carbocycles. The lowest BCUT2D eigenvalue weighted by Gasteiger charge is -2.23. The third kappa shape index (κ3) is 3.42. The van der Waals surface area contributed by atoms with E-state index in [1.165, 1.54) is 4.80 Å². The van der Waals surface area contributed by atoms with Crippen LogP contribution < -0.4 is 5.32 Å². The SMILES string of the molecule is CC(C)C(Cn1nccn1)NC(=O)CN1C(=O)c2ccccc2C1=O. The van der Waals surface area contributed by atoms with E-state index < -0.39 is 11.8 Å². The Morgan fingerprint density at radius 3 is 2.16 bits per heavy atom. The maximum atomic E-state index is 12.4. The van der Waals surface area contributed by atoms with Crippen molar-refractivity contribution in [2.24, 2.45) is 5.92 Å². The highest BCUT2D eigenvalue weighted by atomic mass is 16.2. The van der Waals surface area contributed by atoms with Crippen molar-refractivity contribution in [3.63, 3.8) is 0 Å². The number of benzene rings is 1. The second-order valence-corrected chi connectivity index (χ2v) is 6.24. The first-order valence-electron chi connectivity index (χ1n) is 8.06. The Bertz CT molecular complexity index is 765. The number of hydrogen-bond donors (Lipinski definition) is 1. The fourth-order valence-corrected chi connectivity index (χ4v) is 2.72. The lowest BCUT2D eigenvalue weighted by Crippen LogP contribution is -2.47. The van der Waals surface area contributed by atoms with Gasteiger partial charge >= 0.3 is 0 Å². The maximum Gasteiger partial charge on any atom is 0.262 e. The van der Waals surface area contributed by atoms with Crippen LogP contribution in [0.25, 0.3) is 0 Å². The molecule has 0 aliphatic carbocycles. The van der Waals surface area contributed by atoms with Crippen LogP contribution in [0.5, 0.6) is 0 Å². The minimum absolute atomic E-state index is 0.136. The predicted molar refractivity (Wildman–Crippen MR) is 88.6 cm³/mol. The number of aromatic nitrogens is 3. The van der Waals surface area contributed by atoms with Crippen molar-refractivity contribution in [1.82, 2.24) is 25.2 Å². The Kier molecular flexibility index (Phi) is 4.60. The summed E-state index contributed by atoms with van der Waals surface area (Å²) in [6.45, 7) is 4.05. The molecule has 0 radical (unpaired) electrons. The molecule has 1 unspecified atom stereocenters. The highest BCUT2D eigenvalue weighted by molar-refractivity contribution is 6.22. The smallest absolute Gasteiger partial charge is 0.262 e. The van der Waals surface area contributed by atoms with Crippen LogP contribution in [-0.4, -0.2) is 50.2 Å². The van der Waals surface area contributed by atoms with Crippen molar-refractivity contribution in [3.05, 3.63) is 47.8 Å². The number of carbonyl (C=O) groups excluding carboxylic acids is 3. The van der Waals surface area contributed by atoms with Crippen molar-refractivity contribution in [1.29, 1.82) is 0 Å². The van der Waals surface area contributed by atoms with Crippen LogP contribution in [0.2, 0.25) is 0 Å². The molecular formula is C17H19N5O3. The van der Waals surface area contributed by atoms with Crippen molar-refractivity contribution < 1.29 is 14.4 Å². The molecular weight excluding hydrogens is 322 g/mol. The molecule has 0 fully saturated rings. The minimum Gasteiger partial charge on any atom is -0.350 e. The van der Waals surface area contributed by atoms with Crippen LogP contribution in [0.15, 0.2) is 36.7 Å². The fraction of sp³-hybridized carbons (Fsp3) is 0.353. The van der Waals surface area contributed by atoms with Crippen molar-refractivity contribution in [3.8, 4) is 0 Å². The van der Waals surface area contributed by atoms with E-state index in [9.17, 15) is 14.4 Å². The summed E-state index contributed by atoms with van der Waals surface area (Å²) in [5.74, 6) is -1.13. The molecule has 1 aliphatic rings. The Hall–Kier alpha value is -3.03. The number of nitrogens with zero attached hydrogens (tertiary/aromatic N) is 4. The molecule has 8 heteroatoms. The summed E-state index contributed by atoms with van der Waals surface area (Å²) < 4.78 is 0. The van der Waals surface area contributed by atoms with Crippen LogP contribution in [0, 0.1) is 5.92 Å². The van der Waals surface area contributed by atoms with Crippen molar-refractivity contribution in [2.45, 2.75) is 26.4 Å².